The smallest absolute Gasteiger partial charge is 0.146 e. The molecule has 0 aliphatic heterocycles. The van der Waals surface area contributed by atoms with Crippen LogP contribution in [0, 0.1) is 5.92 Å². The Morgan fingerprint density at radius 1 is 0.828 bits per heavy atom. The van der Waals surface area contributed by atoms with Gasteiger partial charge < -0.3 is 24.6 Å². The van der Waals surface area contributed by atoms with Crippen molar-refractivity contribution in [2.45, 2.75) is 103 Å². The Morgan fingerprint density at radius 2 is 1.28 bits per heavy atom. The van der Waals surface area contributed by atoms with E-state index in [9.17, 15) is 24.9 Å². The number of hydrogen-bond donors (Lipinski definition) is 2. The van der Waals surface area contributed by atoms with E-state index < -0.39 is 29.9 Å². The summed E-state index contributed by atoms with van der Waals surface area (Å²) in [5, 5.41) is 31.6. The highest BCUT2D eigenvalue weighted by molar-refractivity contribution is 5.98. The van der Waals surface area contributed by atoms with Crippen LogP contribution in [0.1, 0.15) is 90.4 Å². The van der Waals surface area contributed by atoms with Gasteiger partial charge in [-0.1, -0.05) is 77.6 Å². The summed E-state index contributed by atoms with van der Waals surface area (Å²) in [6.45, 7) is 2.35. The lowest BCUT2D eigenvalue weighted by atomic mass is 9.92. The molecule has 0 radical (unpaired) electrons. The fraction of sp³-hybridized carbons (Fsp3) is 0.913. The van der Waals surface area contributed by atoms with Gasteiger partial charge in [0.05, 0.1) is 39.1 Å². The molecule has 0 rings (SSSR count). The summed E-state index contributed by atoms with van der Waals surface area (Å²) in [6.07, 6.45) is 11.4. The molecule has 0 spiro atoms. The second-order valence-electron chi connectivity index (χ2n) is 9.49. The van der Waals surface area contributed by atoms with Gasteiger partial charge in [-0.3, -0.25) is 4.79 Å². The Hall–Kier alpha value is -0.980. The first-order chi connectivity index (χ1) is 13.6. The minimum Gasteiger partial charge on any atom is -0.549 e. The Balaban J connectivity index is 3.98. The number of aliphatic hydroxyl groups is 2. The zero-order valence-electron chi connectivity index (χ0n) is 19.2. The molecule has 3 atom stereocenters. The lowest BCUT2D eigenvalue weighted by Crippen LogP contribution is -2.51. The number of carbonyl (C=O) groups is 2. The molecule has 0 aromatic carbocycles. The molecular formula is C23H45NO5. The summed E-state index contributed by atoms with van der Waals surface area (Å²) < 4.78 is 0.333. The predicted octanol–water partition coefficient (Wildman–Crippen LogP) is 2.44. The van der Waals surface area contributed by atoms with E-state index in [-0.39, 0.29) is 13.0 Å². The lowest BCUT2D eigenvalue weighted by Gasteiger charge is -2.31. The number of unbranched alkanes of at least 4 members (excludes halogenated alkanes) is 10. The number of hydrogen-bond acceptors (Lipinski definition) is 5. The molecule has 0 aromatic rings. The average molecular weight is 416 g/mol. The maximum Gasteiger partial charge on any atom is 0.146 e. The highest BCUT2D eigenvalue weighted by Gasteiger charge is 2.32. The number of aliphatic carboxylic acids is 1. The maximum atomic E-state index is 12.3. The Kier molecular flexibility index (Phi) is 15.3. The van der Waals surface area contributed by atoms with E-state index in [0.717, 1.165) is 19.3 Å². The SMILES string of the molecule is CCCCCCCCCCCCCC(O)CC(=O)C(C(=O)[O-])C(O)C[N+](C)(C)C. The fourth-order valence-corrected chi connectivity index (χ4v) is 3.68. The van der Waals surface area contributed by atoms with Crippen molar-refractivity contribution in [3.63, 3.8) is 0 Å². The molecule has 6 nitrogen and oxygen atoms in total. The number of Topliss-reactive ketones (excluding diaryl/α,β-unsaturated/α-hetero) is 1. The highest BCUT2D eigenvalue weighted by atomic mass is 16.4. The van der Waals surface area contributed by atoms with Crippen LogP contribution in [0.25, 0.3) is 0 Å². The minimum absolute atomic E-state index is 0.124. The number of rotatable bonds is 19. The highest BCUT2D eigenvalue weighted by Crippen LogP contribution is 2.16. The van der Waals surface area contributed by atoms with Crippen molar-refractivity contribution in [1.29, 1.82) is 0 Å². The van der Waals surface area contributed by atoms with Crippen molar-refractivity contribution >= 4 is 11.8 Å². The number of nitrogens with zero attached hydrogens (tertiary/aromatic N) is 1. The molecule has 0 amide bonds. The zero-order valence-corrected chi connectivity index (χ0v) is 19.2. The summed E-state index contributed by atoms with van der Waals surface area (Å²) in [7, 11) is 5.42. The third kappa shape index (κ3) is 15.5. The molecule has 0 aromatic heterocycles. The molecule has 0 aliphatic rings. The van der Waals surface area contributed by atoms with Crippen LogP contribution in [0.3, 0.4) is 0 Å². The molecule has 172 valence electrons. The largest absolute Gasteiger partial charge is 0.549 e. The van der Waals surface area contributed by atoms with E-state index in [4.69, 9.17) is 0 Å². The number of carboxylic acids is 1. The van der Waals surface area contributed by atoms with Crippen molar-refractivity contribution < 1.29 is 29.4 Å². The van der Waals surface area contributed by atoms with E-state index >= 15 is 0 Å². The van der Waals surface area contributed by atoms with Gasteiger partial charge in [-0.15, -0.1) is 0 Å². The summed E-state index contributed by atoms with van der Waals surface area (Å²) in [5.41, 5.74) is 0. The van der Waals surface area contributed by atoms with Crippen LogP contribution in [0.15, 0.2) is 0 Å². The molecule has 0 fully saturated rings. The quantitative estimate of drug-likeness (QED) is 0.192. The number of carbonyl (C=O) groups excluding carboxylic acids is 2. The monoisotopic (exact) mass is 415 g/mol. The molecule has 0 bridgehead atoms. The van der Waals surface area contributed by atoms with Crippen LogP contribution >= 0.6 is 0 Å². The van der Waals surface area contributed by atoms with Gasteiger partial charge in [0, 0.05) is 6.42 Å². The summed E-state index contributed by atoms with van der Waals surface area (Å²) in [4.78, 5) is 23.6. The Bertz CT molecular complexity index is 447. The van der Waals surface area contributed by atoms with E-state index in [0.29, 0.717) is 10.9 Å². The van der Waals surface area contributed by atoms with Gasteiger partial charge in [-0.2, -0.15) is 0 Å². The topological polar surface area (TPSA) is 97.7 Å². The number of quaternary nitrogens is 1. The van der Waals surface area contributed by atoms with Gasteiger partial charge in [0.25, 0.3) is 0 Å². The summed E-state index contributed by atoms with van der Waals surface area (Å²) in [6, 6.07) is 0. The fourth-order valence-electron chi connectivity index (χ4n) is 3.68. The second-order valence-corrected chi connectivity index (χ2v) is 9.49. The van der Waals surface area contributed by atoms with Gasteiger partial charge in [-0.05, 0) is 6.42 Å². The normalized spacial score (nSPS) is 15.1. The van der Waals surface area contributed by atoms with Crippen molar-refractivity contribution in [3.8, 4) is 0 Å². The molecule has 0 aliphatic carbocycles. The van der Waals surface area contributed by atoms with Crippen molar-refractivity contribution in [1.82, 2.24) is 0 Å². The predicted molar refractivity (Wildman–Crippen MR) is 114 cm³/mol. The van der Waals surface area contributed by atoms with Crippen molar-refractivity contribution in [2.24, 2.45) is 5.92 Å². The number of aliphatic hydroxyl groups excluding tert-OH is 2. The van der Waals surface area contributed by atoms with E-state index in [1.807, 2.05) is 0 Å². The van der Waals surface area contributed by atoms with Crippen LogP contribution in [0.2, 0.25) is 0 Å². The molecular weight excluding hydrogens is 370 g/mol. The minimum atomic E-state index is -1.58. The number of ketones is 1. The second kappa shape index (κ2) is 15.8. The molecule has 6 heteroatoms. The molecule has 0 heterocycles. The molecule has 3 unspecified atom stereocenters. The molecule has 2 N–H and O–H groups in total. The van der Waals surface area contributed by atoms with Gasteiger partial charge in [-0.25, -0.2) is 0 Å². The standard InChI is InChI=1S/C23H45NO5/c1-5-6-7-8-9-10-11-12-13-14-15-16-19(25)17-20(26)22(23(28)29)21(27)18-24(2,3)4/h19,21-22,25,27H,5-18H2,1-4H3. The summed E-state index contributed by atoms with van der Waals surface area (Å²) >= 11 is 0. The first-order valence-electron chi connectivity index (χ1n) is 11.5. The van der Waals surface area contributed by atoms with Gasteiger partial charge >= 0.3 is 0 Å². The van der Waals surface area contributed by atoms with Crippen molar-refractivity contribution in [3.05, 3.63) is 0 Å². The molecule has 29 heavy (non-hydrogen) atoms. The number of likely N-dealkylation sites (N-methyl/N-ethyl adjacent to an activating group) is 1. The molecule has 0 saturated carbocycles. The van der Waals surface area contributed by atoms with E-state index in [1.54, 1.807) is 21.1 Å². The zero-order chi connectivity index (χ0) is 22.3. The third-order valence-corrected chi connectivity index (χ3v) is 5.30. The van der Waals surface area contributed by atoms with Crippen LogP contribution < -0.4 is 5.11 Å². The van der Waals surface area contributed by atoms with Gasteiger partial charge in [0.2, 0.25) is 0 Å². The van der Waals surface area contributed by atoms with Crippen LogP contribution in [0.5, 0.6) is 0 Å². The Labute approximate surface area is 177 Å². The summed E-state index contributed by atoms with van der Waals surface area (Å²) in [5.74, 6) is -3.81. The maximum absolute atomic E-state index is 12.3. The van der Waals surface area contributed by atoms with Crippen LogP contribution in [-0.2, 0) is 9.59 Å². The van der Waals surface area contributed by atoms with E-state index in [2.05, 4.69) is 6.92 Å². The van der Waals surface area contributed by atoms with Gasteiger partial charge in [0.1, 0.15) is 18.4 Å². The first kappa shape index (κ1) is 28.0. The molecule has 0 saturated heterocycles. The first-order valence-corrected chi connectivity index (χ1v) is 11.5. The lowest BCUT2D eigenvalue weighted by molar-refractivity contribution is -0.873. The van der Waals surface area contributed by atoms with Crippen LogP contribution in [-0.4, -0.2) is 66.3 Å². The third-order valence-electron chi connectivity index (χ3n) is 5.30. The average Bonchev–Trinajstić information content (AvgIpc) is 2.57. The van der Waals surface area contributed by atoms with Crippen LogP contribution in [0.4, 0.5) is 0 Å². The van der Waals surface area contributed by atoms with Gasteiger partial charge in [0.15, 0.2) is 0 Å². The Morgan fingerprint density at radius 3 is 1.69 bits per heavy atom. The van der Waals surface area contributed by atoms with E-state index in [1.165, 1.54) is 51.4 Å². The van der Waals surface area contributed by atoms with Crippen molar-refractivity contribution in [2.75, 3.05) is 27.7 Å². The number of carboxylic acid groups (broad SMARTS) is 1.